The molecule has 3 aromatic rings. The fraction of sp³-hybridized carbons (Fsp3) is 0.200. The van der Waals surface area contributed by atoms with Crippen LogP contribution < -0.4 is 0 Å². The largest absolute Gasteiger partial charge is 0.478 e. The van der Waals surface area contributed by atoms with E-state index in [4.69, 9.17) is 5.11 Å². The zero-order valence-electron chi connectivity index (χ0n) is 13.6. The highest BCUT2D eigenvalue weighted by Crippen LogP contribution is 2.30. The molecule has 12 heteroatoms. The molecule has 0 aliphatic carbocycles. The molecule has 8 nitrogen and oxygen atoms in total. The number of halogens is 3. The van der Waals surface area contributed by atoms with Crippen LogP contribution in [0.1, 0.15) is 22.8 Å². The molecule has 0 bridgehead atoms. The second-order valence-electron chi connectivity index (χ2n) is 5.43. The third-order valence-corrected chi connectivity index (χ3v) is 5.43. The van der Waals surface area contributed by atoms with Crippen LogP contribution in [0.3, 0.4) is 0 Å². The van der Waals surface area contributed by atoms with Gasteiger partial charge in [-0.15, -0.1) is 5.10 Å². The van der Waals surface area contributed by atoms with Crippen molar-refractivity contribution in [1.29, 1.82) is 0 Å². The molecule has 0 aromatic carbocycles. The van der Waals surface area contributed by atoms with Crippen LogP contribution in [0.2, 0.25) is 0 Å². The van der Waals surface area contributed by atoms with Crippen LogP contribution in [0.15, 0.2) is 35.5 Å². The number of nitrogens with zero attached hydrogens (tertiary/aromatic N) is 4. The molecule has 0 unspecified atom stereocenters. The van der Waals surface area contributed by atoms with Gasteiger partial charge in [-0.05, 0) is 18.2 Å². The predicted molar refractivity (Wildman–Crippen MR) is 85.9 cm³/mol. The monoisotopic (exact) mass is 400 g/mol. The van der Waals surface area contributed by atoms with E-state index < -0.39 is 32.4 Å². The van der Waals surface area contributed by atoms with E-state index in [-0.39, 0.29) is 28.5 Å². The Bertz CT molecular complexity index is 1160. The highest BCUT2D eigenvalue weighted by molar-refractivity contribution is 7.91. The first-order valence-electron chi connectivity index (χ1n) is 7.43. The van der Waals surface area contributed by atoms with Crippen molar-refractivity contribution >= 4 is 21.5 Å². The smallest absolute Gasteiger partial charge is 0.416 e. The van der Waals surface area contributed by atoms with Crippen molar-refractivity contribution in [1.82, 2.24) is 19.6 Å². The molecule has 0 aliphatic heterocycles. The van der Waals surface area contributed by atoms with Crippen molar-refractivity contribution < 1.29 is 31.5 Å². The number of aromatic nitrogens is 4. The highest BCUT2D eigenvalue weighted by atomic mass is 32.2. The van der Waals surface area contributed by atoms with Crippen LogP contribution in [0, 0.1) is 0 Å². The summed E-state index contributed by atoms with van der Waals surface area (Å²) in [6.45, 7) is 1.36. The Labute approximate surface area is 150 Å². The van der Waals surface area contributed by atoms with Gasteiger partial charge in [0, 0.05) is 12.4 Å². The van der Waals surface area contributed by atoms with Gasteiger partial charge in [-0.3, -0.25) is 4.98 Å². The molecule has 0 spiro atoms. The Morgan fingerprint density at radius 2 is 2.00 bits per heavy atom. The van der Waals surface area contributed by atoms with Gasteiger partial charge in [0.15, 0.2) is 15.5 Å². The average Bonchev–Trinajstić information content (AvgIpc) is 3.03. The number of carbonyl (C=O) groups is 1. The number of aromatic carboxylic acids is 1. The van der Waals surface area contributed by atoms with Crippen LogP contribution in [0.25, 0.3) is 17.2 Å². The Morgan fingerprint density at radius 3 is 2.59 bits per heavy atom. The fourth-order valence-corrected chi connectivity index (χ4v) is 3.34. The van der Waals surface area contributed by atoms with Crippen molar-refractivity contribution in [2.75, 3.05) is 5.75 Å². The summed E-state index contributed by atoms with van der Waals surface area (Å²) < 4.78 is 64.2. The van der Waals surface area contributed by atoms with Crippen LogP contribution in [0.4, 0.5) is 13.2 Å². The number of fused-ring (bicyclic) bond motifs is 1. The molecular formula is C15H11F3N4O4S. The van der Waals surface area contributed by atoms with Crippen LogP contribution in [0.5, 0.6) is 0 Å². The summed E-state index contributed by atoms with van der Waals surface area (Å²) in [5.74, 6) is -1.95. The summed E-state index contributed by atoms with van der Waals surface area (Å²) in [5.41, 5.74) is -1.69. The summed E-state index contributed by atoms with van der Waals surface area (Å²) in [7, 11) is -3.90. The van der Waals surface area contributed by atoms with E-state index in [1.165, 1.54) is 6.92 Å². The highest BCUT2D eigenvalue weighted by Gasteiger charge is 2.31. The fourth-order valence-electron chi connectivity index (χ4n) is 2.28. The van der Waals surface area contributed by atoms with Gasteiger partial charge >= 0.3 is 12.1 Å². The molecule has 3 heterocycles. The van der Waals surface area contributed by atoms with Crippen molar-refractivity contribution in [2.24, 2.45) is 0 Å². The molecule has 0 fully saturated rings. The molecule has 27 heavy (non-hydrogen) atoms. The third-order valence-electron chi connectivity index (χ3n) is 3.69. The van der Waals surface area contributed by atoms with Gasteiger partial charge in [0.05, 0.1) is 21.8 Å². The molecule has 0 amide bonds. The Balaban J connectivity index is 2.22. The standard InChI is InChI=1S/C15H11F3N4O4S/c1-2-27(25,26)10-5-8(14(23)24)7-19-12(10)13-20-11-6-9(15(16,17)18)3-4-22(11)21-13/h3-7H,2H2,1H3,(H,23,24). The maximum atomic E-state index is 12.8. The lowest BCUT2D eigenvalue weighted by molar-refractivity contribution is -0.137. The van der Waals surface area contributed by atoms with Crippen molar-refractivity contribution in [2.45, 2.75) is 18.0 Å². The van der Waals surface area contributed by atoms with Crippen LogP contribution in [-0.4, -0.2) is 44.8 Å². The van der Waals surface area contributed by atoms with E-state index in [1.54, 1.807) is 0 Å². The van der Waals surface area contributed by atoms with Crippen molar-refractivity contribution in [3.63, 3.8) is 0 Å². The van der Waals surface area contributed by atoms with E-state index in [9.17, 15) is 26.4 Å². The minimum absolute atomic E-state index is 0.163. The van der Waals surface area contributed by atoms with Crippen LogP contribution >= 0.6 is 0 Å². The topological polar surface area (TPSA) is 115 Å². The lowest BCUT2D eigenvalue weighted by atomic mass is 10.2. The van der Waals surface area contributed by atoms with E-state index >= 15 is 0 Å². The minimum atomic E-state index is -4.58. The summed E-state index contributed by atoms with van der Waals surface area (Å²) in [5, 5.41) is 13.0. The molecular weight excluding hydrogens is 389 g/mol. The lowest BCUT2D eigenvalue weighted by Crippen LogP contribution is -2.10. The van der Waals surface area contributed by atoms with Crippen molar-refractivity contribution in [3.8, 4) is 11.5 Å². The Hall–Kier alpha value is -3.02. The lowest BCUT2D eigenvalue weighted by Gasteiger charge is -2.06. The first kappa shape index (κ1) is 18.8. The maximum absolute atomic E-state index is 12.8. The Kier molecular flexibility index (Phi) is 4.38. The van der Waals surface area contributed by atoms with Gasteiger partial charge in [0.1, 0.15) is 5.69 Å². The number of carboxylic acids is 1. The van der Waals surface area contributed by atoms with Gasteiger partial charge in [-0.2, -0.15) is 13.2 Å². The number of alkyl halides is 3. The molecule has 0 saturated carbocycles. The predicted octanol–water partition coefficient (Wildman–Crippen LogP) is 2.30. The average molecular weight is 400 g/mol. The first-order valence-corrected chi connectivity index (χ1v) is 9.08. The van der Waals surface area contributed by atoms with Gasteiger partial charge in [0.2, 0.25) is 5.82 Å². The molecule has 142 valence electrons. The van der Waals surface area contributed by atoms with E-state index in [0.717, 1.165) is 35.1 Å². The van der Waals surface area contributed by atoms with E-state index in [2.05, 4.69) is 15.1 Å². The maximum Gasteiger partial charge on any atom is 0.416 e. The zero-order valence-corrected chi connectivity index (χ0v) is 14.4. The summed E-state index contributed by atoms with van der Waals surface area (Å²) in [4.78, 5) is 18.5. The minimum Gasteiger partial charge on any atom is -0.478 e. The normalized spacial score (nSPS) is 12.4. The Morgan fingerprint density at radius 1 is 1.30 bits per heavy atom. The second kappa shape index (κ2) is 6.30. The number of hydrogen-bond donors (Lipinski definition) is 1. The summed E-state index contributed by atoms with van der Waals surface area (Å²) in [6, 6.07) is 2.49. The molecule has 0 aliphatic rings. The zero-order chi connectivity index (χ0) is 20.0. The van der Waals surface area contributed by atoms with E-state index in [0.29, 0.717) is 0 Å². The molecule has 0 radical (unpaired) electrons. The molecule has 1 N–H and O–H groups in total. The number of hydrogen-bond acceptors (Lipinski definition) is 6. The number of sulfone groups is 1. The molecule has 3 aromatic heterocycles. The van der Waals surface area contributed by atoms with Crippen LogP contribution in [-0.2, 0) is 16.0 Å². The number of rotatable bonds is 4. The number of carboxylic acid groups (broad SMARTS) is 1. The summed E-state index contributed by atoms with van der Waals surface area (Å²) >= 11 is 0. The molecule has 3 rings (SSSR count). The van der Waals surface area contributed by atoms with Crippen molar-refractivity contribution in [3.05, 3.63) is 41.7 Å². The van der Waals surface area contributed by atoms with Gasteiger partial charge < -0.3 is 5.11 Å². The SMILES string of the molecule is CCS(=O)(=O)c1cc(C(=O)O)cnc1-c1nc2cc(C(F)(F)F)ccn2n1. The van der Waals surface area contributed by atoms with E-state index in [1.807, 2.05) is 0 Å². The molecule has 0 saturated heterocycles. The molecule has 0 atom stereocenters. The second-order valence-corrected chi connectivity index (χ2v) is 7.68. The quantitative estimate of drug-likeness (QED) is 0.715. The first-order chi connectivity index (χ1) is 12.5. The van der Waals surface area contributed by atoms with Gasteiger partial charge in [-0.1, -0.05) is 6.92 Å². The third kappa shape index (κ3) is 3.47. The number of pyridine rings is 2. The van der Waals surface area contributed by atoms with Gasteiger partial charge in [-0.25, -0.2) is 22.7 Å². The summed E-state index contributed by atoms with van der Waals surface area (Å²) in [6.07, 6.45) is -2.61. The van der Waals surface area contributed by atoms with Gasteiger partial charge in [0.25, 0.3) is 0 Å².